The molecular weight excluding hydrogens is 343 g/mol. The molecule has 7 heteroatoms. The van der Waals surface area contributed by atoms with Crippen molar-refractivity contribution in [1.82, 2.24) is 0 Å². The molecule has 1 heterocycles. The molecular formula is C18H21FN2O3S. The summed E-state index contributed by atoms with van der Waals surface area (Å²) in [6.45, 7) is 4.15. The van der Waals surface area contributed by atoms with E-state index in [9.17, 15) is 12.8 Å². The highest BCUT2D eigenvalue weighted by Crippen LogP contribution is 2.27. The Kier molecular flexibility index (Phi) is 5.13. The van der Waals surface area contributed by atoms with Gasteiger partial charge in [0.25, 0.3) is 10.0 Å². The molecule has 1 aliphatic rings. The van der Waals surface area contributed by atoms with Gasteiger partial charge in [-0.25, -0.2) is 12.8 Å². The average Bonchev–Trinajstić information content (AvgIpc) is 3.12. The van der Waals surface area contributed by atoms with Crippen LogP contribution in [0.2, 0.25) is 0 Å². The van der Waals surface area contributed by atoms with Gasteiger partial charge in [-0.05, 0) is 62.2 Å². The summed E-state index contributed by atoms with van der Waals surface area (Å²) in [4.78, 5) is 2.18. The third kappa shape index (κ3) is 4.04. The molecule has 1 N–H and O–H groups in total. The van der Waals surface area contributed by atoms with Crippen LogP contribution < -0.4 is 14.4 Å². The Labute approximate surface area is 147 Å². The van der Waals surface area contributed by atoms with Crippen molar-refractivity contribution in [3.05, 3.63) is 48.3 Å². The molecule has 1 saturated heterocycles. The second-order valence-electron chi connectivity index (χ2n) is 5.87. The summed E-state index contributed by atoms with van der Waals surface area (Å²) in [5.74, 6) is -0.0129. The first-order chi connectivity index (χ1) is 12.0. The van der Waals surface area contributed by atoms with Gasteiger partial charge >= 0.3 is 0 Å². The van der Waals surface area contributed by atoms with Crippen molar-refractivity contribution in [3.8, 4) is 5.75 Å². The van der Waals surface area contributed by atoms with Crippen molar-refractivity contribution in [2.75, 3.05) is 29.3 Å². The second-order valence-corrected chi connectivity index (χ2v) is 7.55. The molecule has 0 bridgehead atoms. The van der Waals surface area contributed by atoms with Gasteiger partial charge in [0, 0.05) is 18.8 Å². The number of nitrogens with one attached hydrogen (secondary N) is 1. The number of ether oxygens (including phenoxy) is 1. The zero-order valence-electron chi connectivity index (χ0n) is 14.0. The van der Waals surface area contributed by atoms with Crippen LogP contribution in [0, 0.1) is 5.82 Å². The maximum atomic E-state index is 14.1. The Morgan fingerprint density at radius 3 is 2.44 bits per heavy atom. The van der Waals surface area contributed by atoms with Crippen molar-refractivity contribution in [2.24, 2.45) is 0 Å². The molecule has 2 aromatic rings. The lowest BCUT2D eigenvalue weighted by Crippen LogP contribution is -2.19. The number of sulfonamides is 1. The fourth-order valence-corrected chi connectivity index (χ4v) is 3.91. The van der Waals surface area contributed by atoms with E-state index in [1.807, 2.05) is 6.92 Å². The van der Waals surface area contributed by atoms with E-state index in [1.165, 1.54) is 18.2 Å². The SMILES string of the molecule is CCOc1ccc(S(=O)(=O)Nc2cc(N3CCCC3)ccc2F)cc1. The van der Waals surface area contributed by atoms with E-state index in [0.29, 0.717) is 12.4 Å². The van der Waals surface area contributed by atoms with Gasteiger partial charge in [0.05, 0.1) is 17.2 Å². The maximum absolute atomic E-state index is 14.1. The molecule has 1 aliphatic heterocycles. The number of benzene rings is 2. The zero-order chi connectivity index (χ0) is 17.9. The highest BCUT2D eigenvalue weighted by molar-refractivity contribution is 7.92. The molecule has 0 amide bonds. The number of hydrogen-bond acceptors (Lipinski definition) is 4. The van der Waals surface area contributed by atoms with Gasteiger partial charge in [-0.2, -0.15) is 0 Å². The van der Waals surface area contributed by atoms with Crippen LogP contribution in [-0.4, -0.2) is 28.1 Å². The number of rotatable bonds is 6. The topological polar surface area (TPSA) is 58.6 Å². The van der Waals surface area contributed by atoms with Crippen molar-refractivity contribution in [2.45, 2.75) is 24.7 Å². The molecule has 5 nitrogen and oxygen atoms in total. The van der Waals surface area contributed by atoms with Crippen LogP contribution in [0.3, 0.4) is 0 Å². The minimum absolute atomic E-state index is 0.0433. The lowest BCUT2D eigenvalue weighted by atomic mass is 10.2. The summed E-state index contributed by atoms with van der Waals surface area (Å²) in [6, 6.07) is 10.6. The van der Waals surface area contributed by atoms with Crippen LogP contribution in [0.1, 0.15) is 19.8 Å². The Hall–Kier alpha value is -2.28. The van der Waals surface area contributed by atoms with Crippen LogP contribution >= 0.6 is 0 Å². The molecule has 3 rings (SSSR count). The van der Waals surface area contributed by atoms with Crippen LogP contribution in [0.4, 0.5) is 15.8 Å². The van der Waals surface area contributed by atoms with Gasteiger partial charge in [-0.1, -0.05) is 0 Å². The van der Waals surface area contributed by atoms with E-state index in [0.717, 1.165) is 31.6 Å². The van der Waals surface area contributed by atoms with E-state index in [2.05, 4.69) is 9.62 Å². The minimum atomic E-state index is -3.87. The summed E-state index contributed by atoms with van der Waals surface area (Å²) in [7, 11) is -3.87. The van der Waals surface area contributed by atoms with E-state index < -0.39 is 15.8 Å². The predicted molar refractivity (Wildman–Crippen MR) is 96.3 cm³/mol. The summed E-state index contributed by atoms with van der Waals surface area (Å²) in [5, 5.41) is 0. The summed E-state index contributed by atoms with van der Waals surface area (Å²) in [5.41, 5.74) is 0.779. The third-order valence-corrected chi connectivity index (χ3v) is 5.49. The van der Waals surface area contributed by atoms with E-state index >= 15 is 0 Å². The molecule has 0 aromatic heterocycles. The first-order valence-corrected chi connectivity index (χ1v) is 9.78. The summed E-state index contributed by atoms with van der Waals surface area (Å²) < 4.78 is 46.8. The maximum Gasteiger partial charge on any atom is 0.261 e. The highest BCUT2D eigenvalue weighted by Gasteiger charge is 2.19. The first-order valence-electron chi connectivity index (χ1n) is 8.30. The average molecular weight is 364 g/mol. The standard InChI is InChI=1S/C18H21FN2O3S/c1-2-24-15-6-8-16(9-7-15)25(22,23)20-18-13-14(5-10-17(18)19)21-11-3-4-12-21/h5-10,13,20H,2-4,11-12H2,1H3. The molecule has 134 valence electrons. The minimum Gasteiger partial charge on any atom is -0.494 e. The summed E-state index contributed by atoms with van der Waals surface area (Å²) >= 11 is 0. The van der Waals surface area contributed by atoms with Gasteiger partial charge in [-0.3, -0.25) is 4.72 Å². The lowest BCUT2D eigenvalue weighted by Gasteiger charge is -2.19. The molecule has 25 heavy (non-hydrogen) atoms. The number of nitrogens with zero attached hydrogens (tertiary/aromatic N) is 1. The Balaban J connectivity index is 1.83. The quantitative estimate of drug-likeness (QED) is 0.850. The van der Waals surface area contributed by atoms with E-state index in [4.69, 9.17) is 4.74 Å². The first kappa shape index (κ1) is 17.5. The Bertz CT molecular complexity index is 832. The third-order valence-electron chi connectivity index (χ3n) is 4.11. The largest absolute Gasteiger partial charge is 0.494 e. The number of halogens is 1. The Morgan fingerprint density at radius 2 is 1.80 bits per heavy atom. The number of hydrogen-bond donors (Lipinski definition) is 1. The van der Waals surface area contributed by atoms with Crippen LogP contribution in [0.5, 0.6) is 5.75 Å². The molecule has 1 fully saturated rings. The highest BCUT2D eigenvalue weighted by atomic mass is 32.2. The van der Waals surface area contributed by atoms with Crippen molar-refractivity contribution < 1.29 is 17.5 Å². The Morgan fingerprint density at radius 1 is 1.12 bits per heavy atom. The second kappa shape index (κ2) is 7.31. The van der Waals surface area contributed by atoms with Crippen LogP contribution in [0.15, 0.2) is 47.4 Å². The summed E-state index contributed by atoms with van der Waals surface area (Å²) in [6.07, 6.45) is 2.18. The smallest absolute Gasteiger partial charge is 0.261 e. The molecule has 0 unspecified atom stereocenters. The van der Waals surface area contributed by atoms with Crippen LogP contribution in [-0.2, 0) is 10.0 Å². The normalized spacial score (nSPS) is 14.6. The molecule has 0 saturated carbocycles. The molecule has 0 spiro atoms. The van der Waals surface area contributed by atoms with Gasteiger partial charge in [-0.15, -0.1) is 0 Å². The van der Waals surface area contributed by atoms with Crippen molar-refractivity contribution >= 4 is 21.4 Å². The monoisotopic (exact) mass is 364 g/mol. The fourth-order valence-electron chi connectivity index (χ4n) is 2.85. The predicted octanol–water partition coefficient (Wildman–Crippen LogP) is 3.63. The molecule has 0 aliphatic carbocycles. The van der Waals surface area contributed by atoms with Crippen LogP contribution in [0.25, 0.3) is 0 Å². The van der Waals surface area contributed by atoms with Crippen molar-refractivity contribution in [3.63, 3.8) is 0 Å². The molecule has 2 aromatic carbocycles. The van der Waals surface area contributed by atoms with Gasteiger partial charge < -0.3 is 9.64 Å². The van der Waals surface area contributed by atoms with Crippen molar-refractivity contribution in [1.29, 1.82) is 0 Å². The van der Waals surface area contributed by atoms with E-state index in [1.54, 1.807) is 24.3 Å². The van der Waals surface area contributed by atoms with Gasteiger partial charge in [0.2, 0.25) is 0 Å². The molecule has 0 radical (unpaired) electrons. The zero-order valence-corrected chi connectivity index (χ0v) is 14.9. The van der Waals surface area contributed by atoms with E-state index in [-0.39, 0.29) is 10.6 Å². The molecule has 0 atom stereocenters. The lowest BCUT2D eigenvalue weighted by molar-refractivity contribution is 0.340. The van der Waals surface area contributed by atoms with Gasteiger partial charge in [0.1, 0.15) is 11.6 Å². The van der Waals surface area contributed by atoms with Gasteiger partial charge in [0.15, 0.2) is 0 Å². The number of anilines is 2. The fraction of sp³-hybridized carbons (Fsp3) is 0.333.